The summed E-state index contributed by atoms with van der Waals surface area (Å²) in [7, 11) is 0. The molecule has 0 aromatic rings. The maximum atomic E-state index is 11.4. The van der Waals surface area contributed by atoms with E-state index in [9.17, 15) is 9.59 Å². The molecule has 1 fully saturated rings. The van der Waals surface area contributed by atoms with Crippen LogP contribution in [0.5, 0.6) is 0 Å². The van der Waals surface area contributed by atoms with Crippen LogP contribution < -0.4 is 0 Å². The molecule has 1 heterocycles. The Morgan fingerprint density at radius 1 is 1.08 bits per heavy atom. The van der Waals surface area contributed by atoms with Gasteiger partial charge in [0.25, 0.3) is 3.79 Å². The molecule has 1 aliphatic rings. The molecule has 10 heteroatoms. The Balaban J connectivity index is 2.95. The highest BCUT2D eigenvalue weighted by Gasteiger charge is 2.46. The highest BCUT2D eigenvalue weighted by molar-refractivity contribution is 6.76. The summed E-state index contributed by atoms with van der Waals surface area (Å²) in [6.45, 7) is 6.22. The number of nitrogens with one attached hydrogen (secondary N) is 1. The fraction of sp³-hybridized carbons (Fsp3) is 0.786. The second-order valence-electron chi connectivity index (χ2n) is 5.58. The lowest BCUT2D eigenvalue weighted by Gasteiger charge is -2.43. The van der Waals surface area contributed by atoms with Gasteiger partial charge < -0.3 is 18.9 Å². The van der Waals surface area contributed by atoms with E-state index >= 15 is 0 Å². The summed E-state index contributed by atoms with van der Waals surface area (Å²) in [6, 6.07) is 0. The van der Waals surface area contributed by atoms with Gasteiger partial charge in [-0.1, -0.05) is 48.7 Å². The lowest BCUT2D eigenvalue weighted by atomic mass is 9.83. The molecule has 138 valence electrons. The Labute approximate surface area is 155 Å². The van der Waals surface area contributed by atoms with Crippen LogP contribution in [0.25, 0.3) is 0 Å². The topological polar surface area (TPSA) is 94.9 Å². The standard InChI is InChI=1S/C14H20Cl3NO6/c1-6-7(2)11(22-9(4)20)12(24-13(18)14(15,16)17)23-10(6)5-21-8(3)19/h6-7,10-12,18H,5H2,1-4H3/t6-,7-,10?,11?,12+/m0/s1. The van der Waals surface area contributed by atoms with Gasteiger partial charge in [0, 0.05) is 19.8 Å². The SMILES string of the molecule is CC(=O)OCC1O[C@H](OC(=N)C(Cl)(Cl)Cl)C(OC(C)=O)[C@@H](C)[C@@H]1C. The Morgan fingerprint density at radius 2 is 1.67 bits per heavy atom. The molecule has 0 bridgehead atoms. The largest absolute Gasteiger partial charge is 0.463 e. The number of ether oxygens (including phenoxy) is 4. The molecule has 0 aromatic carbocycles. The van der Waals surface area contributed by atoms with E-state index in [0.717, 1.165) is 0 Å². The van der Waals surface area contributed by atoms with Gasteiger partial charge in [0.1, 0.15) is 6.61 Å². The molecule has 1 aliphatic heterocycles. The molecule has 1 saturated heterocycles. The first kappa shape index (κ1) is 21.3. The zero-order valence-electron chi connectivity index (χ0n) is 13.7. The van der Waals surface area contributed by atoms with Crippen LogP contribution in [-0.4, -0.2) is 46.7 Å². The summed E-state index contributed by atoms with van der Waals surface area (Å²) in [5.41, 5.74) is 0. The molecule has 0 saturated carbocycles. The summed E-state index contributed by atoms with van der Waals surface area (Å²) in [5, 5.41) is 7.68. The number of esters is 2. The average molecular weight is 405 g/mol. The summed E-state index contributed by atoms with van der Waals surface area (Å²) >= 11 is 16.8. The number of rotatable bonds is 4. The van der Waals surface area contributed by atoms with Crippen LogP contribution in [-0.2, 0) is 28.5 Å². The molecular weight excluding hydrogens is 385 g/mol. The molecule has 0 spiro atoms. The van der Waals surface area contributed by atoms with Crippen LogP contribution >= 0.6 is 34.8 Å². The van der Waals surface area contributed by atoms with E-state index in [2.05, 4.69) is 0 Å². The van der Waals surface area contributed by atoms with Gasteiger partial charge >= 0.3 is 11.9 Å². The Kier molecular flexibility index (Phi) is 7.59. The van der Waals surface area contributed by atoms with Crippen molar-refractivity contribution in [1.29, 1.82) is 5.41 Å². The molecule has 24 heavy (non-hydrogen) atoms. The van der Waals surface area contributed by atoms with Crippen molar-refractivity contribution in [3.63, 3.8) is 0 Å². The van der Waals surface area contributed by atoms with Gasteiger partial charge in [-0.3, -0.25) is 15.0 Å². The van der Waals surface area contributed by atoms with Crippen LogP contribution in [0, 0.1) is 17.2 Å². The van der Waals surface area contributed by atoms with Gasteiger partial charge in [-0.05, 0) is 5.92 Å². The molecule has 0 amide bonds. The van der Waals surface area contributed by atoms with E-state index < -0.39 is 40.1 Å². The Hall–Kier alpha value is -0.760. The lowest BCUT2D eigenvalue weighted by Crippen LogP contribution is -2.54. The summed E-state index contributed by atoms with van der Waals surface area (Å²) in [5.74, 6) is -1.98. The summed E-state index contributed by atoms with van der Waals surface area (Å²) in [6.07, 6.45) is -2.49. The van der Waals surface area contributed by atoms with Gasteiger partial charge in [-0.15, -0.1) is 0 Å². The first-order valence-corrected chi connectivity index (χ1v) is 8.35. The van der Waals surface area contributed by atoms with Crippen LogP contribution in [0.1, 0.15) is 27.7 Å². The van der Waals surface area contributed by atoms with Crippen molar-refractivity contribution in [3.8, 4) is 0 Å². The van der Waals surface area contributed by atoms with E-state index in [-0.39, 0.29) is 18.4 Å². The average Bonchev–Trinajstić information content (AvgIpc) is 2.43. The second kappa shape index (κ2) is 8.56. The number of hydrogen-bond acceptors (Lipinski definition) is 7. The predicted octanol–water partition coefficient (Wildman–Crippen LogP) is 2.84. The smallest absolute Gasteiger partial charge is 0.303 e. The molecule has 0 radical (unpaired) electrons. The van der Waals surface area contributed by atoms with Gasteiger partial charge in [0.15, 0.2) is 6.10 Å². The molecular formula is C14H20Cl3NO6. The minimum absolute atomic E-state index is 0.00536. The van der Waals surface area contributed by atoms with Crippen LogP contribution in [0.4, 0.5) is 0 Å². The highest BCUT2D eigenvalue weighted by atomic mass is 35.6. The van der Waals surface area contributed by atoms with Crippen molar-refractivity contribution in [2.45, 2.75) is 50.0 Å². The van der Waals surface area contributed by atoms with Crippen molar-refractivity contribution >= 4 is 52.6 Å². The zero-order chi connectivity index (χ0) is 18.7. The van der Waals surface area contributed by atoms with Crippen molar-refractivity contribution in [1.82, 2.24) is 0 Å². The van der Waals surface area contributed by atoms with Crippen LogP contribution in [0.2, 0.25) is 0 Å². The third-order valence-electron chi connectivity index (χ3n) is 3.76. The van der Waals surface area contributed by atoms with Crippen molar-refractivity contribution in [3.05, 3.63) is 0 Å². The monoisotopic (exact) mass is 403 g/mol. The third-order valence-corrected chi connectivity index (χ3v) is 4.27. The van der Waals surface area contributed by atoms with E-state index in [1.54, 1.807) is 0 Å². The Morgan fingerprint density at radius 3 is 2.12 bits per heavy atom. The van der Waals surface area contributed by atoms with Crippen molar-refractivity contribution in [2.24, 2.45) is 11.8 Å². The number of carbonyl (C=O) groups excluding carboxylic acids is 2. The number of alkyl halides is 3. The zero-order valence-corrected chi connectivity index (χ0v) is 15.9. The lowest BCUT2D eigenvalue weighted by molar-refractivity contribution is -0.258. The van der Waals surface area contributed by atoms with Gasteiger partial charge in [0.05, 0.1) is 6.10 Å². The second-order valence-corrected chi connectivity index (χ2v) is 7.86. The third kappa shape index (κ3) is 5.95. The normalized spacial score (nSPS) is 30.4. The molecule has 7 nitrogen and oxygen atoms in total. The summed E-state index contributed by atoms with van der Waals surface area (Å²) < 4.78 is 19.1. The first-order valence-electron chi connectivity index (χ1n) is 7.22. The van der Waals surface area contributed by atoms with Gasteiger partial charge in [0.2, 0.25) is 12.2 Å². The van der Waals surface area contributed by atoms with E-state index in [0.29, 0.717) is 0 Å². The maximum Gasteiger partial charge on any atom is 0.303 e. The number of carbonyl (C=O) groups is 2. The van der Waals surface area contributed by atoms with Gasteiger partial charge in [-0.2, -0.15) is 0 Å². The fourth-order valence-electron chi connectivity index (χ4n) is 2.28. The predicted molar refractivity (Wildman–Crippen MR) is 88.3 cm³/mol. The van der Waals surface area contributed by atoms with E-state index in [1.165, 1.54) is 13.8 Å². The molecule has 0 aliphatic carbocycles. The quantitative estimate of drug-likeness (QED) is 0.335. The first-order chi connectivity index (χ1) is 10.9. The maximum absolute atomic E-state index is 11.4. The van der Waals surface area contributed by atoms with Crippen LogP contribution in [0.3, 0.4) is 0 Å². The minimum Gasteiger partial charge on any atom is -0.463 e. The molecule has 0 aromatic heterocycles. The number of halogens is 3. The molecule has 1 N–H and O–H groups in total. The Bertz CT molecular complexity index is 493. The van der Waals surface area contributed by atoms with Crippen molar-refractivity contribution in [2.75, 3.05) is 6.61 Å². The van der Waals surface area contributed by atoms with Crippen LogP contribution in [0.15, 0.2) is 0 Å². The molecule has 2 unspecified atom stereocenters. The van der Waals surface area contributed by atoms with Crippen molar-refractivity contribution < 1.29 is 28.5 Å². The summed E-state index contributed by atoms with van der Waals surface area (Å²) in [4.78, 5) is 22.4. The number of hydrogen-bond donors (Lipinski definition) is 1. The van der Waals surface area contributed by atoms with E-state index in [4.69, 9.17) is 59.2 Å². The molecule has 5 atom stereocenters. The van der Waals surface area contributed by atoms with E-state index in [1.807, 2.05) is 13.8 Å². The highest BCUT2D eigenvalue weighted by Crippen LogP contribution is 2.36. The fourth-order valence-corrected chi connectivity index (χ4v) is 2.42. The molecule has 1 rings (SSSR count). The minimum atomic E-state index is -2.08. The van der Waals surface area contributed by atoms with Gasteiger partial charge in [-0.25, -0.2) is 0 Å².